The van der Waals surface area contributed by atoms with Crippen molar-refractivity contribution in [3.05, 3.63) is 64.9 Å². The highest BCUT2D eigenvalue weighted by molar-refractivity contribution is 6.31. The summed E-state index contributed by atoms with van der Waals surface area (Å²) in [6.45, 7) is 1.74. The van der Waals surface area contributed by atoms with E-state index in [1.165, 1.54) is 4.90 Å². The fourth-order valence-corrected chi connectivity index (χ4v) is 5.86. The predicted molar refractivity (Wildman–Crippen MR) is 146 cm³/mol. The van der Waals surface area contributed by atoms with Gasteiger partial charge in [0.15, 0.2) is 0 Å². The van der Waals surface area contributed by atoms with Gasteiger partial charge in [0.2, 0.25) is 0 Å². The third-order valence-electron chi connectivity index (χ3n) is 7.63. The van der Waals surface area contributed by atoms with Crippen molar-refractivity contribution in [3.63, 3.8) is 0 Å². The number of piperidine rings is 1. The van der Waals surface area contributed by atoms with E-state index < -0.39 is 42.4 Å². The van der Waals surface area contributed by atoms with Gasteiger partial charge in [0.25, 0.3) is 6.43 Å². The first-order valence-corrected chi connectivity index (χ1v) is 13.7. The Hall–Kier alpha value is -3.38. The lowest BCUT2D eigenvalue weighted by Gasteiger charge is -2.37. The van der Waals surface area contributed by atoms with Crippen LogP contribution in [0.4, 0.5) is 33.3 Å². The molecule has 3 heterocycles. The van der Waals surface area contributed by atoms with Gasteiger partial charge in [0, 0.05) is 61.2 Å². The average Bonchev–Trinajstić information content (AvgIpc) is 3.39. The molecule has 2 aromatic carbocycles. The lowest BCUT2D eigenvalue weighted by molar-refractivity contribution is -0.146. The van der Waals surface area contributed by atoms with Gasteiger partial charge in [0.1, 0.15) is 11.3 Å². The maximum absolute atomic E-state index is 13.8. The Labute approximate surface area is 238 Å². The van der Waals surface area contributed by atoms with Crippen LogP contribution in [0, 0.1) is 0 Å². The zero-order valence-corrected chi connectivity index (χ0v) is 22.8. The molecule has 7 nitrogen and oxygen atoms in total. The summed E-state index contributed by atoms with van der Waals surface area (Å²) in [5.41, 5.74) is 2.44. The van der Waals surface area contributed by atoms with Crippen LogP contribution in [-0.4, -0.2) is 77.7 Å². The molecule has 3 aromatic rings. The van der Waals surface area contributed by atoms with E-state index in [2.05, 4.69) is 14.9 Å². The molecular weight excluding hydrogens is 569 g/mol. The van der Waals surface area contributed by atoms with Gasteiger partial charge in [-0.05, 0) is 42.7 Å². The van der Waals surface area contributed by atoms with Crippen molar-refractivity contribution in [3.8, 4) is 11.1 Å². The summed E-state index contributed by atoms with van der Waals surface area (Å²) in [5.74, 6) is -1.44. The molecule has 0 saturated carbocycles. The second-order valence-corrected chi connectivity index (χ2v) is 10.8. The van der Waals surface area contributed by atoms with Crippen LogP contribution in [0.15, 0.2) is 48.7 Å². The van der Waals surface area contributed by atoms with E-state index in [4.69, 9.17) is 11.6 Å². The van der Waals surface area contributed by atoms with Crippen LogP contribution in [0.5, 0.6) is 0 Å². The van der Waals surface area contributed by atoms with Crippen molar-refractivity contribution >= 4 is 28.9 Å². The van der Waals surface area contributed by atoms with Gasteiger partial charge in [-0.15, -0.1) is 0 Å². The van der Waals surface area contributed by atoms with Crippen molar-refractivity contribution in [2.45, 2.75) is 31.5 Å². The molecule has 1 unspecified atom stereocenters. The van der Waals surface area contributed by atoms with Crippen LogP contribution < -0.4 is 9.80 Å². The summed E-state index contributed by atoms with van der Waals surface area (Å²) in [6.07, 6.45) is -4.96. The first-order chi connectivity index (χ1) is 19.5. The lowest BCUT2D eigenvalue weighted by Crippen LogP contribution is -2.49. The first kappa shape index (κ1) is 29.1. The van der Waals surface area contributed by atoms with Crippen LogP contribution in [-0.2, 0) is 0 Å². The highest BCUT2D eigenvalue weighted by Gasteiger charge is 2.33. The highest BCUT2D eigenvalue weighted by atomic mass is 35.5. The molecule has 1 aromatic heterocycles. The number of hydrogen-bond acceptors (Lipinski definition) is 5. The van der Waals surface area contributed by atoms with Crippen LogP contribution in [0.2, 0.25) is 5.02 Å². The van der Waals surface area contributed by atoms with Crippen molar-refractivity contribution in [2.75, 3.05) is 55.6 Å². The van der Waals surface area contributed by atoms with Crippen LogP contribution in [0.25, 0.3) is 11.1 Å². The molecule has 0 spiro atoms. The molecule has 0 aliphatic carbocycles. The maximum Gasteiger partial charge on any atom is 0.401 e. The number of carboxylic acid groups (broad SMARTS) is 1. The molecule has 1 N–H and O–H groups in total. The first-order valence-electron chi connectivity index (χ1n) is 13.3. The third kappa shape index (κ3) is 6.59. The number of nitrogens with zero attached hydrogens (tertiary/aromatic N) is 5. The molecule has 2 saturated heterocycles. The largest absolute Gasteiger partial charge is 0.478 e. The zero-order valence-electron chi connectivity index (χ0n) is 22.0. The Kier molecular flexibility index (Phi) is 8.42. The number of piperazine rings is 1. The number of aromatic carboxylic acids is 1. The number of benzene rings is 2. The van der Waals surface area contributed by atoms with Gasteiger partial charge >= 0.3 is 12.1 Å². The molecule has 13 heteroatoms. The fraction of sp³-hybridized carbons (Fsp3) is 0.429. The molecule has 2 aliphatic heterocycles. The Morgan fingerprint density at radius 2 is 1.73 bits per heavy atom. The van der Waals surface area contributed by atoms with Crippen molar-refractivity contribution < 1.29 is 31.9 Å². The van der Waals surface area contributed by atoms with Gasteiger partial charge in [-0.25, -0.2) is 13.6 Å². The second kappa shape index (κ2) is 11.8. The highest BCUT2D eigenvalue weighted by Crippen LogP contribution is 2.38. The topological polar surface area (TPSA) is 64.8 Å². The lowest BCUT2D eigenvalue weighted by atomic mass is 9.99. The molecule has 0 radical (unpaired) electrons. The maximum atomic E-state index is 13.8. The molecule has 41 heavy (non-hydrogen) atoms. The monoisotopic (exact) mass is 597 g/mol. The van der Waals surface area contributed by atoms with Gasteiger partial charge < -0.3 is 14.9 Å². The molecule has 220 valence electrons. The molecule has 5 rings (SSSR count). The summed E-state index contributed by atoms with van der Waals surface area (Å²) in [7, 11) is 0. The van der Waals surface area contributed by atoms with E-state index in [1.54, 1.807) is 6.07 Å². The van der Waals surface area contributed by atoms with Gasteiger partial charge in [-0.1, -0.05) is 29.8 Å². The van der Waals surface area contributed by atoms with Crippen LogP contribution in [0.1, 0.15) is 41.4 Å². The number of alkyl halides is 5. The number of carbonyl (C=O) groups is 1. The van der Waals surface area contributed by atoms with E-state index in [-0.39, 0.29) is 0 Å². The van der Waals surface area contributed by atoms with E-state index in [0.717, 1.165) is 33.4 Å². The molecule has 2 aliphatic rings. The van der Waals surface area contributed by atoms with E-state index >= 15 is 0 Å². The minimum atomic E-state index is -4.21. The standard InChI is InChI=1S/C28H29ClF5N5O2/c29-19-5-8-22(18-3-6-20(7-4-18)37-12-10-36(11-13-37)17-28(32,33)34)24(14-19)38-9-1-2-21(16-38)39-25(26(30)31)23(15-35-39)27(40)41/h3-8,14-15,21,26H,1-2,9-13,16-17H2,(H,40,41). The minimum Gasteiger partial charge on any atom is -0.478 e. The number of anilines is 2. The van der Waals surface area contributed by atoms with Crippen molar-refractivity contribution in [1.29, 1.82) is 0 Å². The summed E-state index contributed by atoms with van der Waals surface area (Å²) >= 11 is 6.37. The number of halogens is 6. The Bertz CT molecular complexity index is 1370. The zero-order chi connectivity index (χ0) is 29.3. The second-order valence-electron chi connectivity index (χ2n) is 10.3. The summed E-state index contributed by atoms with van der Waals surface area (Å²) < 4.78 is 67.0. The van der Waals surface area contributed by atoms with E-state index in [1.807, 2.05) is 36.4 Å². The Morgan fingerprint density at radius 3 is 2.37 bits per heavy atom. The number of carboxylic acids is 1. The quantitative estimate of drug-likeness (QED) is 0.320. The van der Waals surface area contributed by atoms with Gasteiger partial charge in [0.05, 0.1) is 18.8 Å². The van der Waals surface area contributed by atoms with E-state index in [9.17, 15) is 31.9 Å². The van der Waals surface area contributed by atoms with Gasteiger partial charge in [-0.3, -0.25) is 9.58 Å². The SMILES string of the molecule is O=C(O)c1cnn(C2CCCN(c3cc(Cl)ccc3-c3ccc(N4CCN(CC(F)(F)F)CC4)cc3)C2)c1C(F)F. The van der Waals surface area contributed by atoms with Crippen molar-refractivity contribution in [1.82, 2.24) is 14.7 Å². The predicted octanol–water partition coefficient (Wildman–Crippen LogP) is 6.37. The number of rotatable bonds is 7. The molecule has 1 atom stereocenters. The third-order valence-corrected chi connectivity index (χ3v) is 7.87. The molecule has 2 fully saturated rings. The summed E-state index contributed by atoms with van der Waals surface area (Å²) in [6, 6.07) is 12.8. The Balaban J connectivity index is 1.35. The minimum absolute atomic E-state index is 0.330. The summed E-state index contributed by atoms with van der Waals surface area (Å²) in [5, 5.41) is 13.9. The summed E-state index contributed by atoms with van der Waals surface area (Å²) in [4.78, 5) is 17.0. The number of hydrogen-bond donors (Lipinski definition) is 1. The Morgan fingerprint density at radius 1 is 1.02 bits per heavy atom. The fourth-order valence-electron chi connectivity index (χ4n) is 5.70. The molecular formula is C28H29ClF5N5O2. The van der Waals surface area contributed by atoms with Crippen LogP contribution in [0.3, 0.4) is 0 Å². The van der Waals surface area contributed by atoms with Crippen molar-refractivity contribution in [2.24, 2.45) is 0 Å². The van der Waals surface area contributed by atoms with Gasteiger partial charge in [-0.2, -0.15) is 18.3 Å². The normalized spacial score (nSPS) is 18.8. The molecule has 0 bridgehead atoms. The smallest absolute Gasteiger partial charge is 0.401 e. The van der Waals surface area contributed by atoms with Crippen LogP contribution >= 0.6 is 11.6 Å². The molecule has 0 amide bonds. The van der Waals surface area contributed by atoms with E-state index in [0.29, 0.717) is 57.1 Å². The number of aromatic nitrogens is 2. The average molecular weight is 598 g/mol.